The molecule has 0 saturated heterocycles. The summed E-state index contributed by atoms with van der Waals surface area (Å²) in [6.07, 6.45) is 1.22. The van der Waals surface area contributed by atoms with Crippen molar-refractivity contribution in [2.75, 3.05) is 18.1 Å². The number of nitrogens with one attached hydrogen (secondary N) is 1. The molecule has 0 saturated carbocycles. The molecule has 0 spiro atoms. The first-order valence-corrected chi connectivity index (χ1v) is 7.44. The topological polar surface area (TPSA) is 49.3 Å². The molecule has 1 atom stereocenters. The van der Waals surface area contributed by atoms with Gasteiger partial charge in [0.05, 0.1) is 11.9 Å². The number of benzene rings is 1. The van der Waals surface area contributed by atoms with Crippen LogP contribution < -0.4 is 5.32 Å². The highest BCUT2D eigenvalue weighted by Gasteiger charge is 2.04. The third-order valence-corrected chi connectivity index (χ3v) is 3.58. The van der Waals surface area contributed by atoms with Crippen LogP contribution in [0.15, 0.2) is 30.3 Å². The van der Waals surface area contributed by atoms with Gasteiger partial charge < -0.3 is 10.4 Å². The molecule has 0 aliphatic carbocycles. The highest BCUT2D eigenvalue weighted by Crippen LogP contribution is 2.06. The van der Waals surface area contributed by atoms with Crippen molar-refractivity contribution in [1.82, 2.24) is 5.32 Å². The molecular formula is C14H21NO2S. The van der Waals surface area contributed by atoms with E-state index in [-0.39, 0.29) is 5.91 Å². The summed E-state index contributed by atoms with van der Waals surface area (Å²) in [4.78, 5) is 11.4. The van der Waals surface area contributed by atoms with Gasteiger partial charge in [-0.2, -0.15) is 11.8 Å². The van der Waals surface area contributed by atoms with E-state index in [1.165, 1.54) is 5.56 Å². The Bertz CT molecular complexity index is 343. The molecule has 0 heterocycles. The third-order valence-electron chi connectivity index (χ3n) is 2.62. The lowest BCUT2D eigenvalue weighted by Crippen LogP contribution is -2.32. The number of hydrogen-bond donors (Lipinski definition) is 2. The summed E-state index contributed by atoms with van der Waals surface area (Å²) in [6.45, 7) is 2.25. The van der Waals surface area contributed by atoms with Crippen molar-refractivity contribution in [2.45, 2.75) is 25.9 Å². The number of carbonyl (C=O) groups is 1. The molecule has 1 rings (SSSR count). The standard InChI is InChI=1S/C14H21NO2S/c1-2-13(16)10-15-14(17)11-18-9-8-12-6-4-3-5-7-12/h3-7,13,16H,2,8-11H2,1H3,(H,15,17). The number of aliphatic hydroxyl groups excluding tert-OH is 1. The Labute approximate surface area is 113 Å². The fourth-order valence-corrected chi connectivity index (χ4v) is 2.24. The molecule has 3 nitrogen and oxygen atoms in total. The third kappa shape index (κ3) is 6.67. The molecule has 100 valence electrons. The molecule has 0 aliphatic heterocycles. The first-order valence-electron chi connectivity index (χ1n) is 6.28. The Morgan fingerprint density at radius 3 is 2.78 bits per heavy atom. The summed E-state index contributed by atoms with van der Waals surface area (Å²) < 4.78 is 0. The predicted molar refractivity (Wildman–Crippen MR) is 76.8 cm³/mol. The molecule has 0 bridgehead atoms. The first kappa shape index (κ1) is 15.1. The average molecular weight is 267 g/mol. The zero-order chi connectivity index (χ0) is 13.2. The van der Waals surface area contributed by atoms with Crippen LogP contribution in [-0.4, -0.2) is 35.2 Å². The van der Waals surface area contributed by atoms with Crippen LogP contribution in [-0.2, 0) is 11.2 Å². The maximum atomic E-state index is 11.4. The maximum Gasteiger partial charge on any atom is 0.230 e. The van der Waals surface area contributed by atoms with Gasteiger partial charge in [-0.3, -0.25) is 4.79 Å². The number of amides is 1. The second kappa shape index (κ2) is 9.00. The minimum absolute atomic E-state index is 0.000520. The first-order chi connectivity index (χ1) is 8.72. The molecule has 2 N–H and O–H groups in total. The van der Waals surface area contributed by atoms with E-state index in [1.807, 2.05) is 25.1 Å². The predicted octanol–water partition coefficient (Wildman–Crippen LogP) is 1.85. The normalized spacial score (nSPS) is 12.1. The van der Waals surface area contributed by atoms with Gasteiger partial charge in [-0.1, -0.05) is 37.3 Å². The van der Waals surface area contributed by atoms with Crippen LogP contribution in [0.25, 0.3) is 0 Å². The lowest BCUT2D eigenvalue weighted by molar-refractivity contribution is -0.119. The minimum atomic E-state index is -0.428. The average Bonchev–Trinajstić information content (AvgIpc) is 2.42. The minimum Gasteiger partial charge on any atom is -0.391 e. The molecule has 1 aromatic rings. The van der Waals surface area contributed by atoms with E-state index in [0.717, 1.165) is 12.2 Å². The van der Waals surface area contributed by atoms with Gasteiger partial charge in [-0.05, 0) is 24.2 Å². The number of thioether (sulfide) groups is 1. The van der Waals surface area contributed by atoms with Crippen molar-refractivity contribution in [3.8, 4) is 0 Å². The molecule has 1 aromatic carbocycles. The number of aryl methyl sites for hydroxylation is 1. The van der Waals surface area contributed by atoms with Crippen LogP contribution in [0.3, 0.4) is 0 Å². The van der Waals surface area contributed by atoms with Crippen molar-refractivity contribution in [3.63, 3.8) is 0 Å². The maximum absolute atomic E-state index is 11.4. The second-order valence-corrected chi connectivity index (χ2v) is 5.26. The van der Waals surface area contributed by atoms with E-state index in [2.05, 4.69) is 17.4 Å². The smallest absolute Gasteiger partial charge is 0.230 e. The van der Waals surface area contributed by atoms with Gasteiger partial charge in [-0.25, -0.2) is 0 Å². The Balaban J connectivity index is 2.05. The Hall–Kier alpha value is -1.00. The van der Waals surface area contributed by atoms with E-state index in [4.69, 9.17) is 0 Å². The van der Waals surface area contributed by atoms with Gasteiger partial charge in [0.1, 0.15) is 0 Å². The SMILES string of the molecule is CCC(O)CNC(=O)CSCCc1ccccc1. The van der Waals surface area contributed by atoms with Gasteiger partial charge in [0.15, 0.2) is 0 Å². The van der Waals surface area contributed by atoms with Crippen molar-refractivity contribution in [3.05, 3.63) is 35.9 Å². The molecule has 1 unspecified atom stereocenters. The van der Waals surface area contributed by atoms with E-state index in [9.17, 15) is 9.90 Å². The van der Waals surface area contributed by atoms with Crippen LogP contribution in [0.2, 0.25) is 0 Å². The molecule has 0 radical (unpaired) electrons. The molecular weight excluding hydrogens is 246 g/mol. The number of carbonyl (C=O) groups excluding carboxylic acids is 1. The summed E-state index contributed by atoms with van der Waals surface area (Å²) in [7, 11) is 0. The van der Waals surface area contributed by atoms with Gasteiger partial charge in [0.2, 0.25) is 5.91 Å². The second-order valence-electron chi connectivity index (χ2n) is 4.15. The number of hydrogen-bond acceptors (Lipinski definition) is 3. The van der Waals surface area contributed by atoms with Crippen LogP contribution in [0.5, 0.6) is 0 Å². The summed E-state index contributed by atoms with van der Waals surface area (Å²) in [5.74, 6) is 1.40. The largest absolute Gasteiger partial charge is 0.391 e. The number of aliphatic hydroxyl groups is 1. The molecule has 0 aliphatic rings. The van der Waals surface area contributed by atoms with Crippen molar-refractivity contribution in [2.24, 2.45) is 0 Å². The highest BCUT2D eigenvalue weighted by atomic mass is 32.2. The summed E-state index contributed by atoms with van der Waals surface area (Å²) in [6, 6.07) is 10.2. The Morgan fingerprint density at radius 1 is 1.39 bits per heavy atom. The monoisotopic (exact) mass is 267 g/mol. The van der Waals surface area contributed by atoms with Gasteiger partial charge in [0, 0.05) is 6.54 Å². The van der Waals surface area contributed by atoms with Crippen molar-refractivity contribution in [1.29, 1.82) is 0 Å². The van der Waals surface area contributed by atoms with Gasteiger partial charge in [0.25, 0.3) is 0 Å². The molecule has 0 fully saturated rings. The van der Waals surface area contributed by atoms with Gasteiger partial charge >= 0.3 is 0 Å². The van der Waals surface area contributed by atoms with Gasteiger partial charge in [-0.15, -0.1) is 0 Å². The number of rotatable bonds is 8. The summed E-state index contributed by atoms with van der Waals surface area (Å²) in [5.41, 5.74) is 1.30. The van der Waals surface area contributed by atoms with Crippen LogP contribution in [0, 0.1) is 0 Å². The van der Waals surface area contributed by atoms with E-state index in [1.54, 1.807) is 11.8 Å². The van der Waals surface area contributed by atoms with Crippen molar-refractivity contribution >= 4 is 17.7 Å². The lowest BCUT2D eigenvalue weighted by Gasteiger charge is -2.09. The zero-order valence-corrected chi connectivity index (χ0v) is 11.6. The zero-order valence-electron chi connectivity index (χ0n) is 10.8. The fraction of sp³-hybridized carbons (Fsp3) is 0.500. The summed E-state index contributed by atoms with van der Waals surface area (Å²) in [5, 5.41) is 12.0. The molecule has 4 heteroatoms. The molecule has 18 heavy (non-hydrogen) atoms. The van der Waals surface area contributed by atoms with Crippen LogP contribution >= 0.6 is 11.8 Å². The Morgan fingerprint density at radius 2 is 2.11 bits per heavy atom. The molecule has 1 amide bonds. The summed E-state index contributed by atoms with van der Waals surface area (Å²) >= 11 is 1.62. The van der Waals surface area contributed by atoms with E-state index in [0.29, 0.717) is 18.7 Å². The molecule has 0 aromatic heterocycles. The van der Waals surface area contributed by atoms with Crippen molar-refractivity contribution < 1.29 is 9.90 Å². The quantitative estimate of drug-likeness (QED) is 0.707. The highest BCUT2D eigenvalue weighted by molar-refractivity contribution is 7.99. The van der Waals surface area contributed by atoms with Crippen LogP contribution in [0.1, 0.15) is 18.9 Å². The Kier molecular flexibility index (Phi) is 7.53. The van der Waals surface area contributed by atoms with Crippen LogP contribution in [0.4, 0.5) is 0 Å². The fourth-order valence-electron chi connectivity index (χ4n) is 1.43. The van der Waals surface area contributed by atoms with E-state index < -0.39 is 6.10 Å². The van der Waals surface area contributed by atoms with E-state index >= 15 is 0 Å². The lowest BCUT2D eigenvalue weighted by atomic mass is 10.2.